The Morgan fingerprint density at radius 1 is 1.33 bits per heavy atom. The van der Waals surface area contributed by atoms with Gasteiger partial charge in [0.05, 0.1) is 0 Å². The first-order chi connectivity index (χ1) is 8.34. The first-order valence-electron chi connectivity index (χ1n) is 6.52. The molecule has 0 spiro atoms. The molecule has 1 N–H and O–H groups in total. The van der Waals surface area contributed by atoms with Crippen molar-refractivity contribution in [2.75, 3.05) is 6.54 Å². The third-order valence-electron chi connectivity index (χ3n) is 3.12. The molecule has 1 nitrogen and oxygen atoms in total. The van der Waals surface area contributed by atoms with Crippen molar-refractivity contribution in [1.82, 2.24) is 5.32 Å². The van der Waals surface area contributed by atoms with Crippen molar-refractivity contribution < 1.29 is 4.39 Å². The van der Waals surface area contributed by atoms with E-state index in [-0.39, 0.29) is 17.3 Å². The van der Waals surface area contributed by atoms with Crippen LogP contribution in [0.2, 0.25) is 5.02 Å². The Hall–Kier alpha value is -0.600. The largest absolute Gasteiger partial charge is 0.313 e. The summed E-state index contributed by atoms with van der Waals surface area (Å²) in [4.78, 5) is 0. The Bertz CT molecular complexity index is 385. The number of rotatable bonds is 5. The molecule has 0 fully saturated rings. The predicted octanol–water partition coefficient (Wildman–Crippen LogP) is 4.44. The molecule has 1 unspecified atom stereocenters. The number of benzene rings is 1. The summed E-state index contributed by atoms with van der Waals surface area (Å²) in [5.41, 5.74) is 0.991. The fourth-order valence-electron chi connectivity index (χ4n) is 1.92. The molecule has 102 valence electrons. The number of halogens is 2. The second-order valence-electron chi connectivity index (χ2n) is 5.81. The Morgan fingerprint density at radius 2 is 2.00 bits per heavy atom. The lowest BCUT2D eigenvalue weighted by Crippen LogP contribution is -2.42. The third-order valence-corrected chi connectivity index (χ3v) is 3.49. The molecule has 0 aliphatic rings. The Morgan fingerprint density at radius 3 is 2.56 bits per heavy atom. The van der Waals surface area contributed by atoms with Crippen LogP contribution in [0.25, 0.3) is 0 Å². The highest BCUT2D eigenvalue weighted by molar-refractivity contribution is 6.31. The monoisotopic (exact) mass is 271 g/mol. The number of hydrogen-bond donors (Lipinski definition) is 1. The average molecular weight is 272 g/mol. The van der Waals surface area contributed by atoms with Crippen LogP contribution in [0, 0.1) is 11.2 Å². The van der Waals surface area contributed by atoms with Crippen molar-refractivity contribution in [2.45, 2.75) is 46.6 Å². The molecule has 0 aliphatic carbocycles. The minimum atomic E-state index is -0.224. The van der Waals surface area contributed by atoms with Gasteiger partial charge in [0.25, 0.3) is 0 Å². The lowest BCUT2D eigenvalue weighted by atomic mass is 9.83. The Balaban J connectivity index is 2.85. The van der Waals surface area contributed by atoms with Crippen LogP contribution in [0.4, 0.5) is 4.39 Å². The van der Waals surface area contributed by atoms with Crippen LogP contribution in [0.3, 0.4) is 0 Å². The molecule has 18 heavy (non-hydrogen) atoms. The van der Waals surface area contributed by atoms with Gasteiger partial charge in [0, 0.05) is 11.1 Å². The second-order valence-corrected chi connectivity index (χ2v) is 6.22. The maximum atomic E-state index is 13.3. The van der Waals surface area contributed by atoms with E-state index in [0.29, 0.717) is 5.02 Å². The van der Waals surface area contributed by atoms with Gasteiger partial charge >= 0.3 is 0 Å². The van der Waals surface area contributed by atoms with Gasteiger partial charge in [-0.05, 0) is 48.6 Å². The molecule has 0 aromatic heterocycles. The highest BCUT2D eigenvalue weighted by atomic mass is 35.5. The van der Waals surface area contributed by atoms with E-state index in [1.165, 1.54) is 12.1 Å². The zero-order chi connectivity index (χ0) is 13.8. The van der Waals surface area contributed by atoms with Gasteiger partial charge in [-0.1, -0.05) is 39.3 Å². The SMILES string of the molecule is CCCNC(Cc1cc(F)ccc1Cl)C(C)(C)C. The molecular formula is C15H23ClFN. The lowest BCUT2D eigenvalue weighted by molar-refractivity contribution is 0.266. The maximum absolute atomic E-state index is 13.3. The average Bonchev–Trinajstić information content (AvgIpc) is 2.27. The van der Waals surface area contributed by atoms with E-state index in [2.05, 4.69) is 33.0 Å². The van der Waals surface area contributed by atoms with Gasteiger partial charge in [-0.15, -0.1) is 0 Å². The van der Waals surface area contributed by atoms with E-state index in [1.54, 1.807) is 6.07 Å². The van der Waals surface area contributed by atoms with E-state index in [9.17, 15) is 4.39 Å². The second kappa shape index (κ2) is 6.53. The molecule has 1 atom stereocenters. The van der Waals surface area contributed by atoms with Gasteiger partial charge in [-0.25, -0.2) is 4.39 Å². The van der Waals surface area contributed by atoms with Crippen LogP contribution in [-0.4, -0.2) is 12.6 Å². The minimum absolute atomic E-state index is 0.116. The van der Waals surface area contributed by atoms with Gasteiger partial charge in [0.15, 0.2) is 0 Å². The van der Waals surface area contributed by atoms with Gasteiger partial charge in [0.2, 0.25) is 0 Å². The minimum Gasteiger partial charge on any atom is -0.313 e. The van der Waals surface area contributed by atoms with E-state index >= 15 is 0 Å². The van der Waals surface area contributed by atoms with E-state index in [4.69, 9.17) is 11.6 Å². The summed E-state index contributed by atoms with van der Waals surface area (Å²) in [5, 5.41) is 4.17. The van der Waals surface area contributed by atoms with E-state index < -0.39 is 0 Å². The summed E-state index contributed by atoms with van der Waals surface area (Å²) in [5.74, 6) is -0.224. The van der Waals surface area contributed by atoms with Crippen molar-refractivity contribution in [3.8, 4) is 0 Å². The smallest absolute Gasteiger partial charge is 0.123 e. The van der Waals surface area contributed by atoms with Crippen LogP contribution < -0.4 is 5.32 Å². The van der Waals surface area contributed by atoms with Crippen molar-refractivity contribution >= 4 is 11.6 Å². The topological polar surface area (TPSA) is 12.0 Å². The zero-order valence-electron chi connectivity index (χ0n) is 11.7. The predicted molar refractivity (Wildman–Crippen MR) is 76.7 cm³/mol. The molecule has 0 heterocycles. The fraction of sp³-hybridized carbons (Fsp3) is 0.600. The maximum Gasteiger partial charge on any atom is 0.123 e. The van der Waals surface area contributed by atoms with Crippen LogP contribution in [0.15, 0.2) is 18.2 Å². The summed E-state index contributed by atoms with van der Waals surface area (Å²) >= 11 is 6.13. The third kappa shape index (κ3) is 4.58. The summed E-state index contributed by atoms with van der Waals surface area (Å²) in [6.07, 6.45) is 1.84. The highest BCUT2D eigenvalue weighted by Gasteiger charge is 2.24. The van der Waals surface area contributed by atoms with Crippen molar-refractivity contribution in [3.05, 3.63) is 34.6 Å². The molecule has 1 aromatic rings. The Kier molecular flexibility index (Phi) is 5.61. The molecule has 0 saturated heterocycles. The van der Waals surface area contributed by atoms with Gasteiger partial charge < -0.3 is 5.32 Å². The van der Waals surface area contributed by atoms with Gasteiger partial charge in [0.1, 0.15) is 5.82 Å². The van der Waals surface area contributed by atoms with Crippen molar-refractivity contribution in [2.24, 2.45) is 5.41 Å². The standard InChI is InChI=1S/C15H23ClFN/c1-5-8-18-14(15(2,3)4)10-11-9-12(17)6-7-13(11)16/h6-7,9,14,18H,5,8,10H2,1-4H3. The van der Waals surface area contributed by atoms with Gasteiger partial charge in [-0.3, -0.25) is 0 Å². The first-order valence-corrected chi connectivity index (χ1v) is 6.89. The zero-order valence-corrected chi connectivity index (χ0v) is 12.4. The molecule has 1 rings (SSSR count). The molecule has 0 saturated carbocycles. The Labute approximate surface area is 115 Å². The molecule has 0 bridgehead atoms. The van der Waals surface area contributed by atoms with Crippen LogP contribution >= 0.6 is 11.6 Å². The molecule has 3 heteroatoms. The lowest BCUT2D eigenvalue weighted by Gasteiger charge is -2.32. The molecule has 0 amide bonds. The highest BCUT2D eigenvalue weighted by Crippen LogP contribution is 2.26. The molecule has 1 aromatic carbocycles. The fourth-order valence-corrected chi connectivity index (χ4v) is 2.12. The summed E-state index contributed by atoms with van der Waals surface area (Å²) < 4.78 is 13.3. The van der Waals surface area contributed by atoms with E-state index in [1.807, 2.05) is 0 Å². The summed E-state index contributed by atoms with van der Waals surface area (Å²) in [7, 11) is 0. The molecular weight excluding hydrogens is 249 g/mol. The summed E-state index contributed by atoms with van der Waals surface area (Å²) in [6.45, 7) is 9.67. The number of hydrogen-bond acceptors (Lipinski definition) is 1. The van der Waals surface area contributed by atoms with Crippen molar-refractivity contribution in [1.29, 1.82) is 0 Å². The normalized spacial score (nSPS) is 13.7. The van der Waals surface area contributed by atoms with Crippen LogP contribution in [-0.2, 0) is 6.42 Å². The van der Waals surface area contributed by atoms with Crippen LogP contribution in [0.1, 0.15) is 39.7 Å². The summed E-state index contributed by atoms with van der Waals surface area (Å²) in [6, 6.07) is 4.86. The molecule has 0 radical (unpaired) electrons. The number of nitrogens with one attached hydrogen (secondary N) is 1. The van der Waals surface area contributed by atoms with Crippen LogP contribution in [0.5, 0.6) is 0 Å². The van der Waals surface area contributed by atoms with Gasteiger partial charge in [-0.2, -0.15) is 0 Å². The van der Waals surface area contributed by atoms with Crippen molar-refractivity contribution in [3.63, 3.8) is 0 Å². The molecule has 0 aliphatic heterocycles. The van der Waals surface area contributed by atoms with E-state index in [0.717, 1.165) is 24.9 Å². The quantitative estimate of drug-likeness (QED) is 0.835. The first kappa shape index (κ1) is 15.5.